The van der Waals surface area contributed by atoms with Crippen LogP contribution in [0.5, 0.6) is 0 Å². The van der Waals surface area contributed by atoms with E-state index in [0.717, 1.165) is 0 Å². The summed E-state index contributed by atoms with van der Waals surface area (Å²) >= 11 is 0. The predicted octanol–water partition coefficient (Wildman–Crippen LogP) is -0.0448. The molecule has 0 saturated carbocycles. The summed E-state index contributed by atoms with van der Waals surface area (Å²) < 4.78 is 27.9. The fourth-order valence-electron chi connectivity index (χ4n) is 2.43. The average Bonchev–Trinajstić information content (AvgIpc) is 2.79. The number of hydrogen-bond donors (Lipinski definition) is 3. The van der Waals surface area contributed by atoms with Gasteiger partial charge in [0.05, 0.1) is 18.1 Å². The molecule has 9 nitrogen and oxygen atoms in total. The summed E-state index contributed by atoms with van der Waals surface area (Å²) in [6, 6.07) is -1.28. The summed E-state index contributed by atoms with van der Waals surface area (Å²) in [6.45, 7) is 8.35. The fraction of sp³-hybridized carbons (Fsp3) is 0.812. The molecule has 1 heterocycles. The molecule has 1 fully saturated rings. The molecule has 0 radical (unpaired) electrons. The van der Waals surface area contributed by atoms with Gasteiger partial charge in [0, 0.05) is 6.04 Å². The van der Waals surface area contributed by atoms with Gasteiger partial charge in [-0.05, 0) is 33.1 Å². The van der Waals surface area contributed by atoms with Gasteiger partial charge < -0.3 is 20.7 Å². The number of hydrogen-bond acceptors (Lipinski definition) is 6. The van der Waals surface area contributed by atoms with Gasteiger partial charge in [0.2, 0.25) is 11.8 Å². The van der Waals surface area contributed by atoms with Crippen molar-refractivity contribution in [2.24, 2.45) is 5.92 Å². The largest absolute Gasteiger partial charge is 0.444 e. The second kappa shape index (κ2) is 8.70. The molecule has 0 aromatic carbocycles. The first-order chi connectivity index (χ1) is 11.8. The van der Waals surface area contributed by atoms with Crippen molar-refractivity contribution >= 4 is 27.7 Å². The molecule has 3 N–H and O–H groups in total. The van der Waals surface area contributed by atoms with E-state index < -0.39 is 45.4 Å². The maximum atomic E-state index is 12.3. The molecule has 1 saturated heterocycles. The number of rotatable bonds is 6. The van der Waals surface area contributed by atoms with Crippen LogP contribution in [-0.4, -0.2) is 62.1 Å². The summed E-state index contributed by atoms with van der Waals surface area (Å²) in [4.78, 5) is 36.0. The smallest absolute Gasteiger partial charge is 0.408 e. The summed E-state index contributed by atoms with van der Waals surface area (Å²) in [5, 5.41) is 7.54. The molecule has 1 aliphatic rings. The Morgan fingerprint density at radius 2 is 1.81 bits per heavy atom. The Hall–Kier alpha value is -1.84. The SMILES string of the molecule is CC(C)C(NC(=O)OC(C)(C)C)C(=O)NCC(=O)NC1CCS(=O)(=O)C1. The number of amides is 3. The Morgan fingerprint density at radius 3 is 2.27 bits per heavy atom. The summed E-state index contributed by atoms with van der Waals surface area (Å²) in [7, 11) is -3.09. The minimum atomic E-state index is -3.09. The molecule has 0 spiro atoms. The molecule has 0 aromatic rings. The number of carbonyl (C=O) groups excluding carboxylic acids is 3. The zero-order valence-electron chi connectivity index (χ0n) is 15.9. The van der Waals surface area contributed by atoms with Crippen molar-refractivity contribution < 1.29 is 27.5 Å². The molecule has 10 heteroatoms. The quantitative estimate of drug-likeness (QED) is 0.582. The maximum Gasteiger partial charge on any atom is 0.408 e. The van der Waals surface area contributed by atoms with Crippen LogP contribution in [0.25, 0.3) is 0 Å². The molecule has 1 rings (SSSR count). The lowest BCUT2D eigenvalue weighted by Gasteiger charge is -2.25. The van der Waals surface area contributed by atoms with Gasteiger partial charge in [-0.3, -0.25) is 9.59 Å². The second-order valence-corrected chi connectivity index (χ2v) is 9.98. The van der Waals surface area contributed by atoms with E-state index in [1.165, 1.54) is 0 Å². The highest BCUT2D eigenvalue weighted by atomic mass is 32.2. The van der Waals surface area contributed by atoms with Crippen molar-refractivity contribution in [3.05, 3.63) is 0 Å². The molecule has 1 aliphatic heterocycles. The number of ether oxygens (including phenoxy) is 1. The van der Waals surface area contributed by atoms with Gasteiger partial charge >= 0.3 is 6.09 Å². The van der Waals surface area contributed by atoms with E-state index in [4.69, 9.17) is 4.74 Å². The monoisotopic (exact) mass is 391 g/mol. The van der Waals surface area contributed by atoms with Gasteiger partial charge in [-0.2, -0.15) is 0 Å². The second-order valence-electron chi connectivity index (χ2n) is 7.75. The lowest BCUT2D eigenvalue weighted by atomic mass is 10.0. The van der Waals surface area contributed by atoms with Crippen LogP contribution in [-0.2, 0) is 24.2 Å². The molecule has 2 atom stereocenters. The van der Waals surface area contributed by atoms with Crippen LogP contribution >= 0.6 is 0 Å². The van der Waals surface area contributed by atoms with Crippen LogP contribution in [0.1, 0.15) is 41.0 Å². The molecule has 2 unspecified atom stereocenters. The van der Waals surface area contributed by atoms with Crippen molar-refractivity contribution in [2.75, 3.05) is 18.1 Å². The molecule has 0 aromatic heterocycles. The van der Waals surface area contributed by atoms with Gasteiger partial charge in [-0.25, -0.2) is 13.2 Å². The fourth-order valence-corrected chi connectivity index (χ4v) is 4.11. The normalized spacial score (nSPS) is 20.3. The Bertz CT molecular complexity index is 639. The standard InChI is InChI=1S/C16H29N3O6S/c1-10(2)13(19-15(22)25-16(3,4)5)14(21)17-8-12(20)18-11-6-7-26(23,24)9-11/h10-11,13H,6-9H2,1-5H3,(H,17,21)(H,18,20)(H,19,22). The molecule has 0 bridgehead atoms. The third kappa shape index (κ3) is 8.03. The van der Waals surface area contributed by atoms with E-state index in [1.807, 2.05) is 0 Å². The lowest BCUT2D eigenvalue weighted by molar-refractivity contribution is -0.128. The van der Waals surface area contributed by atoms with Crippen LogP contribution in [0.3, 0.4) is 0 Å². The van der Waals surface area contributed by atoms with Crippen molar-refractivity contribution in [3.8, 4) is 0 Å². The summed E-state index contributed by atoms with van der Waals surface area (Å²) in [6.07, 6.45) is -0.344. The summed E-state index contributed by atoms with van der Waals surface area (Å²) in [5.41, 5.74) is -0.691. The van der Waals surface area contributed by atoms with Crippen LogP contribution in [0.4, 0.5) is 4.79 Å². The Labute approximate surface area is 154 Å². The van der Waals surface area contributed by atoms with Crippen molar-refractivity contribution in [2.45, 2.75) is 58.7 Å². The zero-order valence-corrected chi connectivity index (χ0v) is 16.7. The van der Waals surface area contributed by atoms with Crippen molar-refractivity contribution in [1.29, 1.82) is 0 Å². The predicted molar refractivity (Wildman–Crippen MR) is 96.2 cm³/mol. The molecule has 26 heavy (non-hydrogen) atoms. The Kier molecular flexibility index (Phi) is 7.43. The minimum absolute atomic E-state index is 0.0551. The summed E-state index contributed by atoms with van der Waals surface area (Å²) in [5.74, 6) is -1.23. The van der Waals surface area contributed by atoms with Crippen molar-refractivity contribution in [3.63, 3.8) is 0 Å². The van der Waals surface area contributed by atoms with Crippen LogP contribution < -0.4 is 16.0 Å². The number of alkyl carbamates (subject to hydrolysis) is 1. The van der Waals surface area contributed by atoms with Crippen LogP contribution in [0, 0.1) is 5.92 Å². The molecular weight excluding hydrogens is 362 g/mol. The first-order valence-electron chi connectivity index (χ1n) is 8.56. The Morgan fingerprint density at radius 1 is 1.19 bits per heavy atom. The first-order valence-corrected chi connectivity index (χ1v) is 10.4. The number of carbonyl (C=O) groups is 3. The molecule has 3 amide bonds. The van der Waals surface area contributed by atoms with E-state index in [0.29, 0.717) is 6.42 Å². The van der Waals surface area contributed by atoms with Crippen LogP contribution in [0.15, 0.2) is 0 Å². The van der Waals surface area contributed by atoms with E-state index in [2.05, 4.69) is 16.0 Å². The number of nitrogens with one attached hydrogen (secondary N) is 3. The molecule has 0 aliphatic carbocycles. The minimum Gasteiger partial charge on any atom is -0.444 e. The van der Waals surface area contributed by atoms with E-state index in [1.54, 1.807) is 34.6 Å². The van der Waals surface area contributed by atoms with Gasteiger partial charge in [-0.1, -0.05) is 13.8 Å². The van der Waals surface area contributed by atoms with Gasteiger partial charge in [0.25, 0.3) is 0 Å². The van der Waals surface area contributed by atoms with E-state index in [9.17, 15) is 22.8 Å². The third-order valence-electron chi connectivity index (χ3n) is 3.64. The highest BCUT2D eigenvalue weighted by molar-refractivity contribution is 7.91. The van der Waals surface area contributed by atoms with Crippen molar-refractivity contribution in [1.82, 2.24) is 16.0 Å². The highest BCUT2D eigenvalue weighted by Crippen LogP contribution is 2.11. The third-order valence-corrected chi connectivity index (χ3v) is 5.41. The Balaban J connectivity index is 2.49. The number of sulfone groups is 1. The average molecular weight is 391 g/mol. The molecular formula is C16H29N3O6S. The van der Waals surface area contributed by atoms with Gasteiger partial charge in [0.15, 0.2) is 9.84 Å². The van der Waals surface area contributed by atoms with Gasteiger partial charge in [0.1, 0.15) is 11.6 Å². The zero-order chi connectivity index (χ0) is 20.1. The lowest BCUT2D eigenvalue weighted by Crippen LogP contribution is -2.52. The van der Waals surface area contributed by atoms with Gasteiger partial charge in [-0.15, -0.1) is 0 Å². The van der Waals surface area contributed by atoms with E-state index in [-0.39, 0.29) is 24.0 Å². The molecule has 150 valence electrons. The van der Waals surface area contributed by atoms with E-state index >= 15 is 0 Å². The highest BCUT2D eigenvalue weighted by Gasteiger charge is 2.30. The van der Waals surface area contributed by atoms with Crippen LogP contribution in [0.2, 0.25) is 0 Å². The first kappa shape index (κ1) is 22.2. The maximum absolute atomic E-state index is 12.3. The topological polar surface area (TPSA) is 131 Å².